The Morgan fingerprint density at radius 3 is 2.71 bits per heavy atom. The van der Waals surface area contributed by atoms with Crippen LogP contribution in [0.25, 0.3) is 0 Å². The average Bonchev–Trinajstić information content (AvgIpc) is 2.47. The van der Waals surface area contributed by atoms with E-state index in [9.17, 15) is 18.0 Å². The summed E-state index contributed by atoms with van der Waals surface area (Å²) in [5, 5.41) is 2.47. The average molecular weight is 302 g/mol. The van der Waals surface area contributed by atoms with Crippen LogP contribution in [0.5, 0.6) is 0 Å². The standard InChI is InChI=1S/C14H17F3N2O2/c15-14(16,17)11-7-10(5-4-9(11)8-18)19-13(20)12-3-1-2-6-21-12/h4-5,7,12H,1-3,6,8,18H2,(H,19,20). The summed E-state index contributed by atoms with van der Waals surface area (Å²) < 4.78 is 44.0. The van der Waals surface area contributed by atoms with E-state index >= 15 is 0 Å². The molecular formula is C14H17F3N2O2. The number of halogens is 3. The van der Waals surface area contributed by atoms with Gasteiger partial charge in [-0.3, -0.25) is 4.79 Å². The van der Waals surface area contributed by atoms with Gasteiger partial charge in [0, 0.05) is 18.8 Å². The molecule has 1 amide bonds. The van der Waals surface area contributed by atoms with Gasteiger partial charge in [0.15, 0.2) is 0 Å². The summed E-state index contributed by atoms with van der Waals surface area (Å²) in [5.74, 6) is -0.414. The molecule has 1 fully saturated rings. The number of anilines is 1. The molecule has 0 bridgehead atoms. The Kier molecular flexibility index (Phi) is 4.84. The van der Waals surface area contributed by atoms with Crippen LogP contribution < -0.4 is 11.1 Å². The Morgan fingerprint density at radius 2 is 2.14 bits per heavy atom. The minimum Gasteiger partial charge on any atom is -0.368 e. The van der Waals surface area contributed by atoms with E-state index in [0.717, 1.165) is 18.9 Å². The van der Waals surface area contributed by atoms with Crippen LogP contribution in [-0.2, 0) is 22.3 Å². The Morgan fingerprint density at radius 1 is 1.38 bits per heavy atom. The van der Waals surface area contributed by atoms with Gasteiger partial charge in [0.25, 0.3) is 5.91 Å². The van der Waals surface area contributed by atoms with Gasteiger partial charge in [-0.15, -0.1) is 0 Å². The van der Waals surface area contributed by atoms with Crippen LogP contribution in [-0.4, -0.2) is 18.6 Å². The zero-order valence-electron chi connectivity index (χ0n) is 11.4. The summed E-state index contributed by atoms with van der Waals surface area (Å²) in [6.45, 7) is 0.285. The Hall–Kier alpha value is -1.60. The van der Waals surface area contributed by atoms with Crippen molar-refractivity contribution >= 4 is 11.6 Å². The largest absolute Gasteiger partial charge is 0.416 e. The van der Waals surface area contributed by atoms with Crippen molar-refractivity contribution in [2.75, 3.05) is 11.9 Å². The van der Waals surface area contributed by atoms with Crippen LogP contribution in [0.4, 0.5) is 18.9 Å². The minimum atomic E-state index is -4.50. The first-order chi connectivity index (χ1) is 9.91. The molecule has 4 nitrogen and oxygen atoms in total. The molecule has 21 heavy (non-hydrogen) atoms. The lowest BCUT2D eigenvalue weighted by Gasteiger charge is -2.22. The van der Waals surface area contributed by atoms with Gasteiger partial charge in [0.05, 0.1) is 5.56 Å². The van der Waals surface area contributed by atoms with E-state index in [1.165, 1.54) is 12.1 Å². The highest BCUT2D eigenvalue weighted by Crippen LogP contribution is 2.33. The second kappa shape index (κ2) is 6.44. The van der Waals surface area contributed by atoms with Gasteiger partial charge in [0.1, 0.15) is 6.10 Å². The number of carbonyl (C=O) groups is 1. The first-order valence-electron chi connectivity index (χ1n) is 6.74. The summed E-state index contributed by atoms with van der Waals surface area (Å²) in [6.07, 6.45) is -2.75. The van der Waals surface area contributed by atoms with Gasteiger partial charge in [-0.1, -0.05) is 6.07 Å². The van der Waals surface area contributed by atoms with Gasteiger partial charge in [-0.2, -0.15) is 13.2 Å². The van der Waals surface area contributed by atoms with Gasteiger partial charge >= 0.3 is 6.18 Å². The lowest BCUT2D eigenvalue weighted by atomic mass is 10.1. The molecule has 1 atom stereocenters. The molecule has 0 saturated carbocycles. The number of amides is 1. The van der Waals surface area contributed by atoms with Crippen LogP contribution in [0.1, 0.15) is 30.4 Å². The predicted molar refractivity (Wildman–Crippen MR) is 71.6 cm³/mol. The van der Waals surface area contributed by atoms with E-state index < -0.39 is 23.8 Å². The number of hydrogen-bond acceptors (Lipinski definition) is 3. The van der Waals surface area contributed by atoms with Gasteiger partial charge in [-0.25, -0.2) is 0 Å². The molecular weight excluding hydrogens is 285 g/mol. The summed E-state index contributed by atoms with van der Waals surface area (Å²) in [4.78, 5) is 11.9. The summed E-state index contributed by atoms with van der Waals surface area (Å²) in [6, 6.07) is 3.60. The fraction of sp³-hybridized carbons (Fsp3) is 0.500. The van der Waals surface area contributed by atoms with Crippen LogP contribution >= 0.6 is 0 Å². The lowest BCUT2D eigenvalue weighted by molar-refractivity contribution is -0.138. The molecule has 3 N–H and O–H groups in total. The van der Waals surface area contributed by atoms with E-state index in [1.54, 1.807) is 0 Å². The Labute approximate surface area is 120 Å². The van der Waals surface area contributed by atoms with Crippen molar-refractivity contribution in [2.24, 2.45) is 5.73 Å². The van der Waals surface area contributed by atoms with Crippen molar-refractivity contribution < 1.29 is 22.7 Å². The quantitative estimate of drug-likeness (QED) is 0.902. The third-order valence-electron chi connectivity index (χ3n) is 3.37. The van der Waals surface area contributed by atoms with Gasteiger partial charge in [0.2, 0.25) is 0 Å². The van der Waals surface area contributed by atoms with E-state index in [1.807, 2.05) is 0 Å². The lowest BCUT2D eigenvalue weighted by Crippen LogP contribution is -2.33. The third-order valence-corrected chi connectivity index (χ3v) is 3.37. The maximum Gasteiger partial charge on any atom is 0.416 e. The molecule has 1 unspecified atom stereocenters. The van der Waals surface area contributed by atoms with Crippen molar-refractivity contribution in [1.82, 2.24) is 0 Å². The molecule has 0 spiro atoms. The van der Waals surface area contributed by atoms with Crippen molar-refractivity contribution in [3.05, 3.63) is 29.3 Å². The molecule has 2 rings (SSSR count). The second-order valence-corrected chi connectivity index (χ2v) is 4.92. The molecule has 1 aliphatic rings. The number of carbonyl (C=O) groups excluding carboxylic acids is 1. The number of benzene rings is 1. The normalized spacial score (nSPS) is 19.3. The molecule has 1 aromatic rings. The zero-order chi connectivity index (χ0) is 15.5. The summed E-state index contributed by atoms with van der Waals surface area (Å²) in [5.41, 5.74) is 4.57. The van der Waals surface area contributed by atoms with Gasteiger partial charge in [-0.05, 0) is 37.0 Å². The number of nitrogens with one attached hydrogen (secondary N) is 1. The highest BCUT2D eigenvalue weighted by atomic mass is 19.4. The van der Waals surface area contributed by atoms with Crippen LogP contribution in [0.2, 0.25) is 0 Å². The number of alkyl halides is 3. The Bertz CT molecular complexity index is 511. The molecule has 0 radical (unpaired) electrons. The van der Waals surface area contributed by atoms with E-state index in [2.05, 4.69) is 5.32 Å². The third kappa shape index (κ3) is 3.95. The molecule has 0 aliphatic carbocycles. The predicted octanol–water partition coefficient (Wildman–Crippen LogP) is 2.67. The SMILES string of the molecule is NCc1ccc(NC(=O)C2CCCCO2)cc1C(F)(F)F. The molecule has 7 heteroatoms. The highest BCUT2D eigenvalue weighted by Gasteiger charge is 2.33. The molecule has 1 aromatic carbocycles. The molecule has 1 aliphatic heterocycles. The minimum absolute atomic E-state index is 0.00517. The molecule has 0 aromatic heterocycles. The molecule has 116 valence electrons. The first-order valence-corrected chi connectivity index (χ1v) is 6.74. The van der Waals surface area contributed by atoms with Crippen LogP contribution in [0.3, 0.4) is 0 Å². The first kappa shape index (κ1) is 15.8. The van der Waals surface area contributed by atoms with Crippen molar-refractivity contribution in [3.8, 4) is 0 Å². The summed E-state index contributed by atoms with van der Waals surface area (Å²) in [7, 11) is 0. The summed E-state index contributed by atoms with van der Waals surface area (Å²) >= 11 is 0. The molecule has 1 heterocycles. The topological polar surface area (TPSA) is 64.3 Å². The van der Waals surface area contributed by atoms with Gasteiger partial charge < -0.3 is 15.8 Å². The second-order valence-electron chi connectivity index (χ2n) is 4.92. The number of hydrogen-bond donors (Lipinski definition) is 2. The van der Waals surface area contributed by atoms with E-state index in [-0.39, 0.29) is 17.8 Å². The number of ether oxygens (including phenoxy) is 1. The number of rotatable bonds is 3. The fourth-order valence-corrected chi connectivity index (χ4v) is 2.27. The van der Waals surface area contributed by atoms with Crippen LogP contribution in [0.15, 0.2) is 18.2 Å². The van der Waals surface area contributed by atoms with Crippen molar-refractivity contribution in [2.45, 2.75) is 38.1 Å². The van der Waals surface area contributed by atoms with E-state index in [4.69, 9.17) is 10.5 Å². The van der Waals surface area contributed by atoms with Crippen LogP contribution in [0, 0.1) is 0 Å². The van der Waals surface area contributed by atoms with E-state index in [0.29, 0.717) is 13.0 Å². The smallest absolute Gasteiger partial charge is 0.368 e. The van der Waals surface area contributed by atoms with Crippen molar-refractivity contribution in [3.63, 3.8) is 0 Å². The fourth-order valence-electron chi connectivity index (χ4n) is 2.27. The maximum atomic E-state index is 12.9. The highest BCUT2D eigenvalue weighted by molar-refractivity contribution is 5.94. The Balaban J connectivity index is 2.15. The monoisotopic (exact) mass is 302 g/mol. The number of nitrogens with two attached hydrogens (primary N) is 1. The zero-order valence-corrected chi connectivity index (χ0v) is 11.4. The maximum absolute atomic E-state index is 12.9. The van der Waals surface area contributed by atoms with Crippen molar-refractivity contribution in [1.29, 1.82) is 0 Å². The molecule has 1 saturated heterocycles.